The van der Waals surface area contributed by atoms with E-state index in [1.165, 1.54) is 0 Å². The zero-order valence-electron chi connectivity index (χ0n) is 9.29. The maximum atomic E-state index is 8.55. The summed E-state index contributed by atoms with van der Waals surface area (Å²) < 4.78 is 5.23. The SMILES string of the molecule is CN(C)CCCNCc1ccc(C#N)o1. The van der Waals surface area contributed by atoms with Crippen LogP contribution in [-0.2, 0) is 6.54 Å². The molecule has 82 valence electrons. The molecule has 0 radical (unpaired) electrons. The molecule has 4 nitrogen and oxygen atoms in total. The van der Waals surface area contributed by atoms with E-state index in [4.69, 9.17) is 9.68 Å². The van der Waals surface area contributed by atoms with E-state index in [2.05, 4.69) is 24.3 Å². The second-order valence-corrected chi connectivity index (χ2v) is 3.71. The summed E-state index contributed by atoms with van der Waals surface area (Å²) >= 11 is 0. The Labute approximate surface area is 90.5 Å². The van der Waals surface area contributed by atoms with Crippen LogP contribution in [0.1, 0.15) is 17.9 Å². The van der Waals surface area contributed by atoms with Crippen LogP contribution in [0.15, 0.2) is 16.5 Å². The third kappa shape index (κ3) is 4.63. The van der Waals surface area contributed by atoms with Gasteiger partial charge < -0.3 is 14.6 Å². The minimum atomic E-state index is 0.375. The summed E-state index contributed by atoms with van der Waals surface area (Å²) in [6, 6.07) is 5.48. The van der Waals surface area contributed by atoms with E-state index in [0.717, 1.165) is 25.3 Å². The van der Waals surface area contributed by atoms with Gasteiger partial charge in [-0.15, -0.1) is 0 Å². The van der Waals surface area contributed by atoms with E-state index in [0.29, 0.717) is 12.3 Å². The highest BCUT2D eigenvalue weighted by Crippen LogP contribution is 2.05. The van der Waals surface area contributed by atoms with Gasteiger partial charge in [0.05, 0.1) is 6.54 Å². The summed E-state index contributed by atoms with van der Waals surface area (Å²) in [6.07, 6.45) is 1.11. The number of nitrogens with one attached hydrogen (secondary N) is 1. The Kier molecular flexibility index (Phi) is 4.88. The maximum Gasteiger partial charge on any atom is 0.203 e. The lowest BCUT2D eigenvalue weighted by molar-refractivity contribution is 0.390. The van der Waals surface area contributed by atoms with Crippen molar-refractivity contribution in [2.45, 2.75) is 13.0 Å². The highest BCUT2D eigenvalue weighted by atomic mass is 16.3. The molecule has 0 fully saturated rings. The molecular formula is C11H17N3O. The molecule has 1 aromatic heterocycles. The summed E-state index contributed by atoms with van der Waals surface area (Å²) in [5.41, 5.74) is 0. The molecule has 0 atom stereocenters. The third-order valence-electron chi connectivity index (χ3n) is 2.03. The van der Waals surface area contributed by atoms with Crippen molar-refractivity contribution < 1.29 is 4.42 Å². The number of rotatable bonds is 6. The largest absolute Gasteiger partial charge is 0.449 e. The van der Waals surface area contributed by atoms with Gasteiger partial charge >= 0.3 is 0 Å². The molecule has 0 unspecified atom stereocenters. The average Bonchev–Trinajstić information content (AvgIpc) is 2.65. The predicted octanol–water partition coefficient (Wildman–Crippen LogP) is 1.19. The molecule has 0 aromatic carbocycles. The minimum Gasteiger partial charge on any atom is -0.449 e. The average molecular weight is 207 g/mol. The first kappa shape index (κ1) is 11.8. The highest BCUT2D eigenvalue weighted by Gasteiger charge is 1.99. The van der Waals surface area contributed by atoms with Gasteiger partial charge in [-0.2, -0.15) is 5.26 Å². The maximum absolute atomic E-state index is 8.55. The van der Waals surface area contributed by atoms with Crippen LogP contribution < -0.4 is 5.32 Å². The topological polar surface area (TPSA) is 52.2 Å². The molecule has 0 aliphatic rings. The van der Waals surface area contributed by atoms with Gasteiger partial charge in [0.1, 0.15) is 11.8 Å². The number of hydrogen-bond donors (Lipinski definition) is 1. The Balaban J connectivity index is 2.13. The van der Waals surface area contributed by atoms with Crippen LogP contribution in [0, 0.1) is 11.3 Å². The lowest BCUT2D eigenvalue weighted by atomic mass is 10.4. The lowest BCUT2D eigenvalue weighted by Gasteiger charge is -2.08. The molecule has 0 aliphatic carbocycles. The molecule has 0 amide bonds. The number of furan rings is 1. The van der Waals surface area contributed by atoms with E-state index >= 15 is 0 Å². The summed E-state index contributed by atoms with van der Waals surface area (Å²) in [7, 11) is 4.12. The zero-order chi connectivity index (χ0) is 11.1. The fourth-order valence-corrected chi connectivity index (χ4v) is 1.26. The van der Waals surface area contributed by atoms with Gasteiger partial charge in [-0.1, -0.05) is 0 Å². The second-order valence-electron chi connectivity index (χ2n) is 3.71. The molecule has 1 aromatic rings. The van der Waals surface area contributed by atoms with E-state index < -0.39 is 0 Å². The Bertz CT molecular complexity index is 325. The molecule has 0 saturated heterocycles. The van der Waals surface area contributed by atoms with Gasteiger partial charge in [0.2, 0.25) is 5.76 Å². The van der Waals surface area contributed by atoms with Gasteiger partial charge in [0.15, 0.2) is 0 Å². The van der Waals surface area contributed by atoms with Gasteiger partial charge in [0, 0.05) is 0 Å². The number of nitriles is 1. The monoisotopic (exact) mass is 207 g/mol. The fraction of sp³-hybridized carbons (Fsp3) is 0.545. The van der Waals surface area contributed by atoms with Gasteiger partial charge in [-0.25, -0.2) is 0 Å². The Morgan fingerprint density at radius 1 is 1.47 bits per heavy atom. The first-order chi connectivity index (χ1) is 7.22. The van der Waals surface area contributed by atoms with Gasteiger partial charge in [-0.3, -0.25) is 0 Å². The molecular weight excluding hydrogens is 190 g/mol. The molecule has 0 aliphatic heterocycles. The second kappa shape index (κ2) is 6.23. The molecule has 0 bridgehead atoms. The van der Waals surface area contributed by atoms with Crippen molar-refractivity contribution in [2.75, 3.05) is 27.2 Å². The van der Waals surface area contributed by atoms with Crippen LogP contribution in [-0.4, -0.2) is 32.1 Å². The first-order valence-corrected chi connectivity index (χ1v) is 5.06. The van der Waals surface area contributed by atoms with Gasteiger partial charge in [-0.05, 0) is 45.7 Å². The van der Waals surface area contributed by atoms with Crippen molar-refractivity contribution in [2.24, 2.45) is 0 Å². The standard InChI is InChI=1S/C11H17N3O/c1-14(2)7-3-6-13-9-11-5-4-10(8-12)15-11/h4-5,13H,3,6-7,9H2,1-2H3. The Hall–Kier alpha value is -1.31. The molecule has 15 heavy (non-hydrogen) atoms. The van der Waals surface area contributed by atoms with Crippen LogP contribution in [0.2, 0.25) is 0 Å². The lowest BCUT2D eigenvalue weighted by Crippen LogP contribution is -2.20. The highest BCUT2D eigenvalue weighted by molar-refractivity contribution is 5.18. The Morgan fingerprint density at radius 2 is 2.27 bits per heavy atom. The fourth-order valence-electron chi connectivity index (χ4n) is 1.26. The first-order valence-electron chi connectivity index (χ1n) is 5.06. The van der Waals surface area contributed by atoms with Crippen LogP contribution in [0.25, 0.3) is 0 Å². The Morgan fingerprint density at radius 3 is 2.87 bits per heavy atom. The van der Waals surface area contributed by atoms with E-state index in [-0.39, 0.29) is 0 Å². The molecule has 0 spiro atoms. The zero-order valence-corrected chi connectivity index (χ0v) is 9.29. The van der Waals surface area contributed by atoms with Crippen LogP contribution in [0.5, 0.6) is 0 Å². The molecule has 4 heteroatoms. The summed E-state index contributed by atoms with van der Waals surface area (Å²) in [4.78, 5) is 2.16. The smallest absolute Gasteiger partial charge is 0.203 e. The molecule has 1 N–H and O–H groups in total. The summed E-state index contributed by atoms with van der Waals surface area (Å²) in [5, 5.41) is 11.8. The van der Waals surface area contributed by atoms with Crippen molar-refractivity contribution in [3.8, 4) is 6.07 Å². The number of hydrogen-bond acceptors (Lipinski definition) is 4. The van der Waals surface area contributed by atoms with Crippen molar-refractivity contribution in [3.63, 3.8) is 0 Å². The van der Waals surface area contributed by atoms with Crippen molar-refractivity contribution in [1.82, 2.24) is 10.2 Å². The summed E-state index contributed by atoms with van der Waals surface area (Å²) in [6.45, 7) is 2.73. The van der Waals surface area contributed by atoms with Crippen molar-refractivity contribution >= 4 is 0 Å². The minimum absolute atomic E-state index is 0.375. The van der Waals surface area contributed by atoms with Crippen LogP contribution in [0.3, 0.4) is 0 Å². The van der Waals surface area contributed by atoms with Crippen LogP contribution >= 0.6 is 0 Å². The van der Waals surface area contributed by atoms with E-state index in [1.807, 2.05) is 12.1 Å². The van der Waals surface area contributed by atoms with Crippen molar-refractivity contribution in [3.05, 3.63) is 23.7 Å². The molecule has 1 rings (SSSR count). The normalized spacial score (nSPS) is 10.5. The molecule has 0 saturated carbocycles. The van der Waals surface area contributed by atoms with Gasteiger partial charge in [0.25, 0.3) is 0 Å². The van der Waals surface area contributed by atoms with E-state index in [1.54, 1.807) is 6.07 Å². The summed E-state index contributed by atoms with van der Waals surface area (Å²) in [5.74, 6) is 1.19. The van der Waals surface area contributed by atoms with Crippen molar-refractivity contribution in [1.29, 1.82) is 5.26 Å². The van der Waals surface area contributed by atoms with E-state index in [9.17, 15) is 0 Å². The molecule has 1 heterocycles. The predicted molar refractivity (Wildman–Crippen MR) is 58.3 cm³/mol. The number of nitrogens with zero attached hydrogens (tertiary/aromatic N) is 2. The quantitative estimate of drug-likeness (QED) is 0.712. The third-order valence-corrected chi connectivity index (χ3v) is 2.03. The van der Waals surface area contributed by atoms with Crippen LogP contribution in [0.4, 0.5) is 0 Å².